The minimum atomic E-state index is -0.382. The van der Waals surface area contributed by atoms with Gasteiger partial charge in [-0.3, -0.25) is 4.90 Å². The molecule has 2 amide bonds. The number of ether oxygens (including phenoxy) is 3. The van der Waals surface area contributed by atoms with Crippen molar-refractivity contribution in [3.05, 3.63) is 102 Å². The number of fused-ring (bicyclic) bond motifs is 3. The van der Waals surface area contributed by atoms with E-state index >= 15 is 0 Å². The second-order valence-electron chi connectivity index (χ2n) is 11.9. The number of hydrogen-bond acceptors (Lipinski definition) is 6. The van der Waals surface area contributed by atoms with Crippen molar-refractivity contribution < 1.29 is 23.8 Å². The van der Waals surface area contributed by atoms with E-state index in [0.29, 0.717) is 31.5 Å². The first-order valence-electron chi connectivity index (χ1n) is 15.5. The zero-order valence-electron chi connectivity index (χ0n) is 24.6. The van der Waals surface area contributed by atoms with Crippen molar-refractivity contribution in [2.24, 2.45) is 11.8 Å². The highest BCUT2D eigenvalue weighted by atomic mass is 16.6. The molecule has 4 aliphatic rings. The third kappa shape index (κ3) is 7.68. The molecule has 3 aromatic rings. The number of piperidine rings is 4. The lowest BCUT2D eigenvalue weighted by Crippen LogP contribution is -2.52. The van der Waals surface area contributed by atoms with Gasteiger partial charge in [-0.25, -0.2) is 9.59 Å². The minimum Gasteiger partial charge on any atom is -0.493 e. The van der Waals surface area contributed by atoms with Gasteiger partial charge < -0.3 is 24.4 Å². The van der Waals surface area contributed by atoms with Gasteiger partial charge in [0, 0.05) is 19.6 Å². The number of amides is 2. The van der Waals surface area contributed by atoms with Gasteiger partial charge in [0.15, 0.2) is 0 Å². The first-order chi connectivity index (χ1) is 21.1. The van der Waals surface area contributed by atoms with Gasteiger partial charge in [0.05, 0.1) is 12.6 Å². The van der Waals surface area contributed by atoms with Crippen molar-refractivity contribution in [3.63, 3.8) is 0 Å². The molecule has 43 heavy (non-hydrogen) atoms. The van der Waals surface area contributed by atoms with Crippen molar-refractivity contribution in [1.29, 1.82) is 0 Å². The lowest BCUT2D eigenvalue weighted by atomic mass is 9.86. The highest BCUT2D eigenvalue weighted by molar-refractivity contribution is 5.69. The van der Waals surface area contributed by atoms with Crippen LogP contribution in [0.15, 0.2) is 84.9 Å². The standard InChI is InChI=1S/C35H41N3O5/c39-34(43-32-23-37-18-16-28(32)17-19-37)36-33(29-10-5-2-6-11-29)30-12-7-13-31(22-30)41-24-27-14-20-38(21-15-27)35(40)42-25-26-8-3-1-4-9-26/h1-13,22,27-28,32-33H,14-21,23-25H2,(H,36,39)/t32-,33?/m0/s1. The maximum atomic E-state index is 13.1. The first-order valence-corrected chi connectivity index (χ1v) is 15.5. The zero-order chi connectivity index (χ0) is 29.4. The topological polar surface area (TPSA) is 80.3 Å². The average Bonchev–Trinajstić information content (AvgIpc) is 3.07. The maximum Gasteiger partial charge on any atom is 0.410 e. The fraction of sp³-hybridized carbons (Fsp3) is 0.429. The molecule has 8 heteroatoms. The number of carbonyl (C=O) groups excluding carboxylic acids is 2. The molecule has 226 valence electrons. The summed E-state index contributed by atoms with van der Waals surface area (Å²) in [5.41, 5.74) is 2.90. The predicted molar refractivity (Wildman–Crippen MR) is 164 cm³/mol. The summed E-state index contributed by atoms with van der Waals surface area (Å²) in [5, 5.41) is 3.14. The fourth-order valence-corrected chi connectivity index (χ4v) is 6.43. The van der Waals surface area contributed by atoms with Crippen LogP contribution in [-0.2, 0) is 16.1 Å². The van der Waals surface area contributed by atoms with Gasteiger partial charge in [0.2, 0.25) is 0 Å². The number of hydrogen-bond donors (Lipinski definition) is 1. The molecule has 2 bridgehead atoms. The summed E-state index contributed by atoms with van der Waals surface area (Å²) in [6.45, 7) is 5.20. The van der Waals surface area contributed by atoms with Crippen LogP contribution in [0, 0.1) is 11.8 Å². The molecule has 8 nitrogen and oxygen atoms in total. The van der Waals surface area contributed by atoms with E-state index in [9.17, 15) is 9.59 Å². The van der Waals surface area contributed by atoms with Gasteiger partial charge >= 0.3 is 12.2 Å². The van der Waals surface area contributed by atoms with E-state index in [1.165, 1.54) is 0 Å². The average molecular weight is 584 g/mol. The lowest BCUT2D eigenvalue weighted by Gasteiger charge is -2.43. The Morgan fingerprint density at radius 2 is 1.51 bits per heavy atom. The monoisotopic (exact) mass is 583 g/mol. The molecule has 4 fully saturated rings. The molecule has 0 saturated carbocycles. The molecular weight excluding hydrogens is 542 g/mol. The molecule has 4 heterocycles. The first kappa shape index (κ1) is 29.1. The maximum absolute atomic E-state index is 13.1. The number of nitrogens with zero attached hydrogens (tertiary/aromatic N) is 2. The summed E-state index contributed by atoms with van der Waals surface area (Å²) < 4.78 is 17.7. The van der Waals surface area contributed by atoms with E-state index in [4.69, 9.17) is 14.2 Å². The number of nitrogens with one attached hydrogen (secondary N) is 1. The van der Waals surface area contributed by atoms with Crippen LogP contribution in [0.25, 0.3) is 0 Å². The van der Waals surface area contributed by atoms with Crippen LogP contribution in [0.1, 0.15) is 48.4 Å². The Bertz CT molecular complexity index is 1340. The van der Waals surface area contributed by atoms with Crippen LogP contribution in [0.4, 0.5) is 9.59 Å². The van der Waals surface area contributed by atoms with Gasteiger partial charge in [-0.05, 0) is 79.4 Å². The Hall–Kier alpha value is -4.04. The predicted octanol–water partition coefficient (Wildman–Crippen LogP) is 6.02. The van der Waals surface area contributed by atoms with E-state index < -0.39 is 0 Å². The van der Waals surface area contributed by atoms with Crippen LogP contribution < -0.4 is 10.1 Å². The summed E-state index contributed by atoms with van der Waals surface area (Å²) in [4.78, 5) is 29.8. The smallest absolute Gasteiger partial charge is 0.410 e. The number of rotatable bonds is 9. The van der Waals surface area contributed by atoms with E-state index in [0.717, 1.165) is 67.8 Å². The largest absolute Gasteiger partial charge is 0.493 e. The molecule has 3 aromatic carbocycles. The summed E-state index contributed by atoms with van der Waals surface area (Å²) in [7, 11) is 0. The highest BCUT2D eigenvalue weighted by Gasteiger charge is 2.37. The Morgan fingerprint density at radius 3 is 2.21 bits per heavy atom. The molecule has 4 saturated heterocycles. The second kappa shape index (κ2) is 14.0. The zero-order valence-corrected chi connectivity index (χ0v) is 24.6. The van der Waals surface area contributed by atoms with Gasteiger partial charge in [-0.15, -0.1) is 0 Å². The molecule has 0 aromatic heterocycles. The van der Waals surface area contributed by atoms with Crippen LogP contribution in [0.5, 0.6) is 5.75 Å². The van der Waals surface area contributed by atoms with Crippen molar-refractivity contribution in [2.45, 2.75) is 44.4 Å². The summed E-state index contributed by atoms with van der Waals surface area (Å²) in [6, 6.07) is 27.3. The number of benzene rings is 3. The third-order valence-corrected chi connectivity index (χ3v) is 9.00. The normalized spacial score (nSPS) is 22.4. The van der Waals surface area contributed by atoms with Crippen LogP contribution in [0.2, 0.25) is 0 Å². The number of carbonyl (C=O) groups is 2. The molecule has 2 atom stereocenters. The minimum absolute atomic E-state index is 0.0503. The molecule has 1 unspecified atom stereocenters. The SMILES string of the molecule is O=C(NC(c1ccccc1)c1cccc(OCC2CCN(C(=O)OCc3ccccc3)CC2)c1)O[C@H]1CN2CCC1CC2. The molecule has 0 radical (unpaired) electrons. The van der Waals surface area contributed by atoms with E-state index in [-0.39, 0.29) is 30.9 Å². The lowest BCUT2D eigenvalue weighted by molar-refractivity contribution is -0.0336. The second-order valence-corrected chi connectivity index (χ2v) is 11.9. The molecule has 7 rings (SSSR count). The van der Waals surface area contributed by atoms with Crippen molar-refractivity contribution in [3.8, 4) is 5.75 Å². The summed E-state index contributed by atoms with van der Waals surface area (Å²) >= 11 is 0. The van der Waals surface area contributed by atoms with E-state index in [1.807, 2.05) is 84.9 Å². The van der Waals surface area contributed by atoms with Gasteiger partial charge in [0.1, 0.15) is 18.5 Å². The van der Waals surface area contributed by atoms with Crippen molar-refractivity contribution >= 4 is 12.2 Å². The van der Waals surface area contributed by atoms with Crippen molar-refractivity contribution in [2.75, 3.05) is 39.3 Å². The molecular formula is C35H41N3O5. The Morgan fingerprint density at radius 1 is 0.814 bits per heavy atom. The Labute approximate surface area is 253 Å². The summed E-state index contributed by atoms with van der Waals surface area (Å²) in [5.74, 6) is 1.56. The molecule has 0 spiro atoms. The van der Waals surface area contributed by atoms with Crippen LogP contribution >= 0.6 is 0 Å². The van der Waals surface area contributed by atoms with E-state index in [1.54, 1.807) is 4.90 Å². The van der Waals surface area contributed by atoms with Gasteiger partial charge in [-0.1, -0.05) is 72.8 Å². The van der Waals surface area contributed by atoms with Gasteiger partial charge in [0.25, 0.3) is 0 Å². The number of likely N-dealkylation sites (tertiary alicyclic amines) is 1. The number of alkyl carbamates (subject to hydrolysis) is 1. The van der Waals surface area contributed by atoms with Crippen molar-refractivity contribution in [1.82, 2.24) is 15.1 Å². The molecule has 4 aliphatic heterocycles. The third-order valence-electron chi connectivity index (χ3n) is 9.00. The quantitative estimate of drug-likeness (QED) is 0.332. The fourth-order valence-electron chi connectivity index (χ4n) is 6.43. The Kier molecular flexibility index (Phi) is 9.43. The Balaban J connectivity index is 1.02. The van der Waals surface area contributed by atoms with Crippen LogP contribution in [-0.4, -0.2) is 67.4 Å². The van der Waals surface area contributed by atoms with Gasteiger partial charge in [-0.2, -0.15) is 0 Å². The summed E-state index contributed by atoms with van der Waals surface area (Å²) in [6.07, 6.45) is 3.22. The van der Waals surface area contributed by atoms with Crippen LogP contribution in [0.3, 0.4) is 0 Å². The molecule has 0 aliphatic carbocycles. The van der Waals surface area contributed by atoms with E-state index in [2.05, 4.69) is 10.2 Å². The molecule has 1 N–H and O–H groups in total. The highest BCUT2D eigenvalue weighted by Crippen LogP contribution is 2.31.